The van der Waals surface area contributed by atoms with Crippen molar-refractivity contribution in [3.8, 4) is 0 Å². The molecule has 1 aromatic heterocycles. The van der Waals surface area contributed by atoms with E-state index in [1.54, 1.807) is 12.1 Å². The summed E-state index contributed by atoms with van der Waals surface area (Å²) < 4.78 is 31.7. The molecular formula is C14H14N2O4S. The zero-order chi connectivity index (χ0) is 14.9. The fourth-order valence-electron chi connectivity index (χ4n) is 1.83. The summed E-state index contributed by atoms with van der Waals surface area (Å²) in [6.07, 6.45) is 4.46. The highest BCUT2D eigenvalue weighted by molar-refractivity contribution is 7.89. The van der Waals surface area contributed by atoms with Crippen LogP contribution in [0, 0.1) is 0 Å². The monoisotopic (exact) mass is 306 g/mol. The van der Waals surface area contributed by atoms with Gasteiger partial charge in [-0.05, 0) is 37.1 Å². The molecule has 21 heavy (non-hydrogen) atoms. The lowest BCUT2D eigenvalue weighted by Crippen LogP contribution is -2.25. The molecule has 3 rings (SSSR count). The lowest BCUT2D eigenvalue weighted by Gasteiger charge is -2.08. The van der Waals surface area contributed by atoms with E-state index in [4.69, 9.17) is 4.42 Å². The van der Waals surface area contributed by atoms with E-state index in [1.165, 1.54) is 30.7 Å². The maximum absolute atomic E-state index is 12.1. The second-order valence-electron chi connectivity index (χ2n) is 4.89. The number of sulfonamides is 1. The molecule has 1 heterocycles. The van der Waals surface area contributed by atoms with Gasteiger partial charge in [-0.15, -0.1) is 0 Å². The maximum Gasteiger partial charge on any atom is 0.258 e. The lowest BCUT2D eigenvalue weighted by molar-refractivity contribution is 0.102. The standard InChI is InChI=1S/C14H14N2O4S/c17-14(10-6-7-20-9-10)15-12-2-1-3-13(8-12)21(18,19)16-11-4-5-11/h1-3,6-9,11,16H,4-5H2,(H,15,17). The summed E-state index contributed by atoms with van der Waals surface area (Å²) in [5.74, 6) is -0.353. The first-order chi connectivity index (χ1) is 10.0. The number of carbonyl (C=O) groups is 1. The van der Waals surface area contributed by atoms with E-state index in [0.29, 0.717) is 11.3 Å². The van der Waals surface area contributed by atoms with Crippen molar-refractivity contribution in [1.82, 2.24) is 4.72 Å². The number of benzene rings is 1. The van der Waals surface area contributed by atoms with Crippen LogP contribution in [0.2, 0.25) is 0 Å². The molecule has 0 radical (unpaired) electrons. The van der Waals surface area contributed by atoms with Gasteiger partial charge in [-0.25, -0.2) is 13.1 Å². The Morgan fingerprint density at radius 2 is 2.05 bits per heavy atom. The van der Waals surface area contributed by atoms with Gasteiger partial charge in [-0.1, -0.05) is 6.07 Å². The van der Waals surface area contributed by atoms with Crippen molar-refractivity contribution in [3.63, 3.8) is 0 Å². The number of hydrogen-bond donors (Lipinski definition) is 2. The molecule has 6 nitrogen and oxygen atoms in total. The van der Waals surface area contributed by atoms with Gasteiger partial charge in [-0.3, -0.25) is 4.79 Å². The molecule has 0 spiro atoms. The van der Waals surface area contributed by atoms with Crippen LogP contribution in [0.15, 0.2) is 52.2 Å². The Morgan fingerprint density at radius 3 is 2.71 bits per heavy atom. The molecule has 1 saturated carbocycles. The van der Waals surface area contributed by atoms with Crippen LogP contribution in [0.5, 0.6) is 0 Å². The third kappa shape index (κ3) is 3.32. The second-order valence-corrected chi connectivity index (χ2v) is 6.60. The summed E-state index contributed by atoms with van der Waals surface area (Å²) in [7, 11) is -3.53. The van der Waals surface area contributed by atoms with E-state index in [9.17, 15) is 13.2 Å². The van der Waals surface area contributed by atoms with Crippen LogP contribution in [0.25, 0.3) is 0 Å². The van der Waals surface area contributed by atoms with Gasteiger partial charge in [0.2, 0.25) is 10.0 Å². The maximum atomic E-state index is 12.1. The van der Waals surface area contributed by atoms with Crippen molar-refractivity contribution in [2.24, 2.45) is 0 Å². The highest BCUT2D eigenvalue weighted by Gasteiger charge is 2.28. The average molecular weight is 306 g/mol. The van der Waals surface area contributed by atoms with Crippen molar-refractivity contribution in [1.29, 1.82) is 0 Å². The molecule has 0 unspecified atom stereocenters. The van der Waals surface area contributed by atoms with Crippen molar-refractivity contribution in [3.05, 3.63) is 48.4 Å². The number of anilines is 1. The van der Waals surface area contributed by atoms with Crippen LogP contribution < -0.4 is 10.0 Å². The molecule has 7 heteroatoms. The molecular weight excluding hydrogens is 292 g/mol. The van der Waals surface area contributed by atoms with Crippen LogP contribution in [-0.4, -0.2) is 20.4 Å². The normalized spacial score (nSPS) is 14.9. The third-order valence-electron chi connectivity index (χ3n) is 3.08. The van der Waals surface area contributed by atoms with Crippen LogP contribution in [0.3, 0.4) is 0 Å². The third-order valence-corrected chi connectivity index (χ3v) is 4.60. The first-order valence-electron chi connectivity index (χ1n) is 6.50. The Kier molecular flexibility index (Phi) is 3.52. The van der Waals surface area contributed by atoms with Crippen LogP contribution in [0.4, 0.5) is 5.69 Å². The van der Waals surface area contributed by atoms with E-state index >= 15 is 0 Å². The Hall–Kier alpha value is -2.12. The van der Waals surface area contributed by atoms with Gasteiger partial charge < -0.3 is 9.73 Å². The summed E-state index contributed by atoms with van der Waals surface area (Å²) in [4.78, 5) is 12.0. The molecule has 1 aliphatic rings. The van der Waals surface area contributed by atoms with Crippen LogP contribution in [0.1, 0.15) is 23.2 Å². The van der Waals surface area contributed by atoms with Crippen molar-refractivity contribution >= 4 is 21.6 Å². The molecule has 1 fully saturated rings. The van der Waals surface area contributed by atoms with Crippen LogP contribution in [-0.2, 0) is 10.0 Å². The highest BCUT2D eigenvalue weighted by atomic mass is 32.2. The smallest absolute Gasteiger partial charge is 0.258 e. The minimum absolute atomic E-state index is 0.0409. The summed E-state index contributed by atoms with van der Waals surface area (Å²) in [5.41, 5.74) is 0.791. The number of nitrogens with one attached hydrogen (secondary N) is 2. The number of carbonyl (C=O) groups excluding carboxylic acids is 1. The van der Waals surface area contributed by atoms with Crippen LogP contribution >= 0.6 is 0 Å². The van der Waals surface area contributed by atoms with E-state index in [-0.39, 0.29) is 16.8 Å². The van der Waals surface area contributed by atoms with E-state index in [1.807, 2.05) is 0 Å². The van der Waals surface area contributed by atoms with Gasteiger partial charge in [0.25, 0.3) is 5.91 Å². The number of furan rings is 1. The zero-order valence-corrected chi connectivity index (χ0v) is 11.9. The Bertz CT molecular complexity index is 749. The predicted octanol–water partition coefficient (Wildman–Crippen LogP) is 1.97. The van der Waals surface area contributed by atoms with Crippen molar-refractivity contribution < 1.29 is 17.6 Å². The van der Waals surface area contributed by atoms with Crippen molar-refractivity contribution in [2.45, 2.75) is 23.8 Å². The minimum Gasteiger partial charge on any atom is -0.472 e. The summed E-state index contributed by atoms with van der Waals surface area (Å²) in [5, 5.41) is 2.63. The zero-order valence-electron chi connectivity index (χ0n) is 11.1. The predicted molar refractivity (Wildman–Crippen MR) is 76.4 cm³/mol. The number of hydrogen-bond acceptors (Lipinski definition) is 4. The van der Waals surface area contributed by atoms with Gasteiger partial charge in [0.15, 0.2) is 0 Å². The topological polar surface area (TPSA) is 88.4 Å². The second kappa shape index (κ2) is 5.34. The molecule has 1 aromatic carbocycles. The summed E-state index contributed by atoms with van der Waals surface area (Å²) >= 11 is 0. The molecule has 0 bridgehead atoms. The first kappa shape index (κ1) is 13.8. The highest BCUT2D eigenvalue weighted by Crippen LogP contribution is 2.23. The quantitative estimate of drug-likeness (QED) is 0.884. The molecule has 0 saturated heterocycles. The molecule has 110 valence electrons. The Balaban J connectivity index is 1.78. The van der Waals surface area contributed by atoms with Gasteiger partial charge in [0.1, 0.15) is 6.26 Å². The summed E-state index contributed by atoms with van der Waals surface area (Å²) in [6, 6.07) is 7.73. The van der Waals surface area contributed by atoms with Gasteiger partial charge >= 0.3 is 0 Å². The number of rotatable bonds is 5. The van der Waals surface area contributed by atoms with E-state index in [2.05, 4.69) is 10.0 Å². The van der Waals surface area contributed by atoms with Gasteiger partial charge in [-0.2, -0.15) is 0 Å². The molecule has 0 atom stereocenters. The molecule has 2 N–H and O–H groups in total. The van der Waals surface area contributed by atoms with E-state index in [0.717, 1.165) is 12.8 Å². The first-order valence-corrected chi connectivity index (χ1v) is 7.99. The fourth-order valence-corrected chi connectivity index (χ4v) is 3.18. The average Bonchev–Trinajstić information content (AvgIpc) is 3.08. The lowest BCUT2D eigenvalue weighted by atomic mass is 10.3. The fraction of sp³-hybridized carbons (Fsp3) is 0.214. The summed E-state index contributed by atoms with van der Waals surface area (Å²) in [6.45, 7) is 0. The van der Waals surface area contributed by atoms with Gasteiger partial charge in [0.05, 0.1) is 16.7 Å². The van der Waals surface area contributed by atoms with Crippen molar-refractivity contribution in [2.75, 3.05) is 5.32 Å². The van der Waals surface area contributed by atoms with Gasteiger partial charge in [0, 0.05) is 11.7 Å². The number of amides is 1. The van der Waals surface area contributed by atoms with E-state index < -0.39 is 10.0 Å². The molecule has 1 aliphatic carbocycles. The minimum atomic E-state index is -3.53. The molecule has 2 aromatic rings. The Labute approximate surface area is 122 Å². The SMILES string of the molecule is O=C(Nc1cccc(S(=O)(=O)NC2CC2)c1)c1ccoc1. The Morgan fingerprint density at radius 1 is 1.24 bits per heavy atom. The molecule has 1 amide bonds. The molecule has 0 aliphatic heterocycles. The largest absolute Gasteiger partial charge is 0.472 e.